The molecule has 2 aliphatic rings. The summed E-state index contributed by atoms with van der Waals surface area (Å²) in [5.41, 5.74) is 5.78. The molecule has 2 N–H and O–H groups in total. The third-order valence-electron chi connectivity index (χ3n) is 3.99. The zero-order valence-corrected chi connectivity index (χ0v) is 12.7. The maximum atomic E-state index is 12.6. The minimum absolute atomic E-state index is 0.362. The number of anilines is 1. The van der Waals surface area contributed by atoms with Gasteiger partial charge in [0.2, 0.25) is 10.0 Å². The predicted octanol–water partition coefficient (Wildman–Crippen LogP) is -0.600. The molecule has 21 heavy (non-hydrogen) atoms. The van der Waals surface area contributed by atoms with E-state index < -0.39 is 10.0 Å². The van der Waals surface area contributed by atoms with E-state index >= 15 is 0 Å². The topological polar surface area (TPSA) is 77.6 Å². The van der Waals surface area contributed by atoms with Crippen LogP contribution in [-0.2, 0) is 10.0 Å². The van der Waals surface area contributed by atoms with Crippen LogP contribution in [-0.4, -0.2) is 62.2 Å². The normalized spacial score (nSPS) is 22.4. The molecule has 0 spiro atoms. The summed E-state index contributed by atoms with van der Waals surface area (Å²) in [4.78, 5) is 6.50. The van der Waals surface area contributed by atoms with Crippen molar-refractivity contribution in [2.75, 3.05) is 44.2 Å². The molecule has 2 saturated heterocycles. The van der Waals surface area contributed by atoms with Crippen LogP contribution in [0, 0.1) is 0 Å². The molecule has 3 heterocycles. The molecule has 0 bridgehead atoms. The Hall–Kier alpha value is -1.22. The first-order valence-corrected chi connectivity index (χ1v) is 8.79. The van der Waals surface area contributed by atoms with Crippen molar-refractivity contribution in [2.45, 2.75) is 11.7 Å². The van der Waals surface area contributed by atoms with Crippen LogP contribution in [0.1, 0.15) is 6.42 Å². The van der Waals surface area contributed by atoms with E-state index in [2.05, 4.69) is 20.7 Å². The number of nitrogens with zero attached hydrogens (tertiary/aromatic N) is 3. The number of rotatable bonds is 3. The SMILES string of the molecule is O=S(=O)(C1CNNC1)N1CCCN(c2ccccn2)CC1. The average Bonchev–Trinajstić information content (AvgIpc) is 2.93. The molecule has 2 aliphatic heterocycles. The van der Waals surface area contributed by atoms with E-state index in [1.165, 1.54) is 0 Å². The number of hydrazine groups is 1. The second-order valence-electron chi connectivity index (χ2n) is 5.36. The fourth-order valence-corrected chi connectivity index (χ4v) is 4.51. The van der Waals surface area contributed by atoms with Gasteiger partial charge in [0.25, 0.3) is 0 Å². The first kappa shape index (κ1) is 14.7. The highest BCUT2D eigenvalue weighted by Crippen LogP contribution is 2.17. The average molecular weight is 311 g/mol. The van der Waals surface area contributed by atoms with E-state index in [1.54, 1.807) is 10.5 Å². The third-order valence-corrected chi connectivity index (χ3v) is 6.25. The molecule has 0 unspecified atom stereocenters. The van der Waals surface area contributed by atoms with Gasteiger partial charge in [0, 0.05) is 45.5 Å². The quantitative estimate of drug-likeness (QED) is 0.776. The van der Waals surface area contributed by atoms with Gasteiger partial charge in [-0.2, -0.15) is 4.31 Å². The van der Waals surface area contributed by atoms with Crippen molar-refractivity contribution in [1.82, 2.24) is 20.1 Å². The maximum Gasteiger partial charge on any atom is 0.219 e. The van der Waals surface area contributed by atoms with E-state index in [4.69, 9.17) is 0 Å². The minimum atomic E-state index is -3.23. The van der Waals surface area contributed by atoms with Crippen LogP contribution in [0.2, 0.25) is 0 Å². The summed E-state index contributed by atoms with van der Waals surface area (Å²) < 4.78 is 26.8. The highest BCUT2D eigenvalue weighted by atomic mass is 32.2. The van der Waals surface area contributed by atoms with Crippen molar-refractivity contribution >= 4 is 15.8 Å². The molecule has 7 nitrogen and oxygen atoms in total. The van der Waals surface area contributed by atoms with Gasteiger partial charge in [-0.15, -0.1) is 0 Å². The van der Waals surface area contributed by atoms with Crippen LogP contribution < -0.4 is 15.8 Å². The monoisotopic (exact) mass is 311 g/mol. The van der Waals surface area contributed by atoms with Gasteiger partial charge >= 0.3 is 0 Å². The number of aromatic nitrogens is 1. The van der Waals surface area contributed by atoms with Gasteiger partial charge in [-0.05, 0) is 18.6 Å². The summed E-state index contributed by atoms with van der Waals surface area (Å²) in [5, 5.41) is -0.362. The molecule has 0 amide bonds. The molecule has 0 radical (unpaired) electrons. The van der Waals surface area contributed by atoms with Crippen molar-refractivity contribution in [3.05, 3.63) is 24.4 Å². The van der Waals surface area contributed by atoms with E-state index in [9.17, 15) is 8.42 Å². The molecule has 1 aromatic rings. The summed E-state index contributed by atoms with van der Waals surface area (Å²) in [6.07, 6.45) is 2.59. The van der Waals surface area contributed by atoms with E-state index in [0.717, 1.165) is 18.8 Å². The zero-order valence-electron chi connectivity index (χ0n) is 11.9. The summed E-state index contributed by atoms with van der Waals surface area (Å²) in [7, 11) is -3.23. The molecule has 0 atom stereocenters. The molecule has 116 valence electrons. The molecule has 8 heteroatoms. The highest BCUT2D eigenvalue weighted by molar-refractivity contribution is 7.89. The lowest BCUT2D eigenvalue weighted by Crippen LogP contribution is -2.43. The summed E-state index contributed by atoms with van der Waals surface area (Å²) in [5.74, 6) is 0.918. The first-order chi connectivity index (χ1) is 10.2. The van der Waals surface area contributed by atoms with Gasteiger partial charge in [-0.1, -0.05) is 6.07 Å². The molecule has 2 fully saturated rings. The Balaban J connectivity index is 1.68. The fraction of sp³-hybridized carbons (Fsp3) is 0.615. The second-order valence-corrected chi connectivity index (χ2v) is 7.57. The van der Waals surface area contributed by atoms with Crippen LogP contribution in [0.15, 0.2) is 24.4 Å². The van der Waals surface area contributed by atoms with Crippen molar-refractivity contribution < 1.29 is 8.42 Å². The van der Waals surface area contributed by atoms with Crippen LogP contribution in [0.25, 0.3) is 0 Å². The van der Waals surface area contributed by atoms with Crippen molar-refractivity contribution in [3.8, 4) is 0 Å². The number of sulfonamides is 1. The molecule has 0 aliphatic carbocycles. The number of hydrogen-bond acceptors (Lipinski definition) is 6. The number of hydrogen-bond donors (Lipinski definition) is 2. The van der Waals surface area contributed by atoms with Crippen molar-refractivity contribution in [1.29, 1.82) is 0 Å². The maximum absolute atomic E-state index is 12.6. The lowest BCUT2D eigenvalue weighted by Gasteiger charge is -2.24. The predicted molar refractivity (Wildman–Crippen MR) is 81.4 cm³/mol. The second kappa shape index (κ2) is 6.27. The molecule has 0 aromatic carbocycles. The molecular formula is C13H21N5O2S. The van der Waals surface area contributed by atoms with E-state index in [1.807, 2.05) is 18.2 Å². The van der Waals surface area contributed by atoms with Gasteiger partial charge in [0.05, 0.1) is 0 Å². The lowest BCUT2D eigenvalue weighted by atomic mass is 10.3. The van der Waals surface area contributed by atoms with Crippen LogP contribution in [0.5, 0.6) is 0 Å². The first-order valence-electron chi connectivity index (χ1n) is 7.28. The fourth-order valence-electron chi connectivity index (χ4n) is 2.78. The lowest BCUT2D eigenvalue weighted by molar-refractivity contribution is 0.426. The Morgan fingerprint density at radius 1 is 1.10 bits per heavy atom. The Labute approximate surface area is 125 Å². The standard InChI is InChI=1S/C13H21N5O2S/c19-21(20,12-10-15-16-11-12)18-7-3-6-17(8-9-18)13-4-1-2-5-14-13/h1-2,4-5,12,15-16H,3,6-11H2. The van der Waals surface area contributed by atoms with Gasteiger partial charge in [0.15, 0.2) is 0 Å². The zero-order chi connectivity index (χ0) is 14.7. The van der Waals surface area contributed by atoms with Gasteiger partial charge in [0.1, 0.15) is 11.1 Å². The smallest absolute Gasteiger partial charge is 0.219 e. The Morgan fingerprint density at radius 3 is 2.62 bits per heavy atom. The van der Waals surface area contributed by atoms with Crippen LogP contribution in [0.4, 0.5) is 5.82 Å². The van der Waals surface area contributed by atoms with Gasteiger partial charge < -0.3 is 4.90 Å². The highest BCUT2D eigenvalue weighted by Gasteiger charge is 2.35. The van der Waals surface area contributed by atoms with E-state index in [0.29, 0.717) is 32.7 Å². The summed E-state index contributed by atoms with van der Waals surface area (Å²) in [6.45, 7) is 3.58. The Kier molecular flexibility index (Phi) is 4.39. The molecule has 0 saturated carbocycles. The number of nitrogens with one attached hydrogen (secondary N) is 2. The molecular weight excluding hydrogens is 290 g/mol. The van der Waals surface area contributed by atoms with Crippen molar-refractivity contribution in [3.63, 3.8) is 0 Å². The largest absolute Gasteiger partial charge is 0.355 e. The summed E-state index contributed by atoms with van der Waals surface area (Å²) >= 11 is 0. The van der Waals surface area contributed by atoms with Crippen LogP contribution in [0.3, 0.4) is 0 Å². The molecule has 1 aromatic heterocycles. The van der Waals surface area contributed by atoms with Crippen molar-refractivity contribution in [2.24, 2.45) is 0 Å². The van der Waals surface area contributed by atoms with E-state index in [-0.39, 0.29) is 5.25 Å². The van der Waals surface area contributed by atoms with Crippen LogP contribution >= 0.6 is 0 Å². The minimum Gasteiger partial charge on any atom is -0.355 e. The van der Waals surface area contributed by atoms with Gasteiger partial charge in [-0.3, -0.25) is 10.9 Å². The molecule has 3 rings (SSSR count). The Bertz CT molecular complexity index is 559. The summed E-state index contributed by atoms with van der Waals surface area (Å²) in [6, 6.07) is 5.81. The third kappa shape index (κ3) is 3.18. The Morgan fingerprint density at radius 2 is 1.90 bits per heavy atom. The number of pyridine rings is 1. The van der Waals surface area contributed by atoms with Gasteiger partial charge in [-0.25, -0.2) is 13.4 Å².